The van der Waals surface area contributed by atoms with Gasteiger partial charge in [0.1, 0.15) is 5.69 Å². The van der Waals surface area contributed by atoms with E-state index >= 15 is 0 Å². The molecule has 0 saturated carbocycles. The Labute approximate surface area is 143 Å². The predicted molar refractivity (Wildman–Crippen MR) is 91.6 cm³/mol. The van der Waals surface area contributed by atoms with E-state index in [0.717, 1.165) is 25.1 Å². The number of aromatic nitrogens is 1. The summed E-state index contributed by atoms with van der Waals surface area (Å²) in [4.78, 5) is 18.6. The lowest BCUT2D eigenvalue weighted by molar-refractivity contribution is -0.117. The molecule has 1 aromatic carbocycles. The van der Waals surface area contributed by atoms with Gasteiger partial charge in [0.2, 0.25) is 5.96 Å². The average Bonchev–Trinajstić information content (AvgIpc) is 3.04. The smallest absolute Gasteiger partial charge is 0.255 e. The Morgan fingerprint density at radius 2 is 2.21 bits per heavy atom. The molecular weight excluding hydrogens is 328 g/mol. The van der Waals surface area contributed by atoms with E-state index in [1.54, 1.807) is 18.2 Å². The molecule has 2 aromatic rings. The fraction of sp³-hybridized carbons (Fsp3) is 0.235. The molecule has 122 valence electrons. The summed E-state index contributed by atoms with van der Waals surface area (Å²) in [6.45, 7) is 2.17. The second kappa shape index (κ2) is 6.13. The second-order valence-electron chi connectivity index (χ2n) is 5.70. The van der Waals surface area contributed by atoms with Crippen molar-refractivity contribution in [1.82, 2.24) is 15.4 Å². The summed E-state index contributed by atoms with van der Waals surface area (Å²) < 4.78 is 5.35. The zero-order valence-corrected chi connectivity index (χ0v) is 13.6. The largest absolute Gasteiger partial charge is 0.356 e. The number of amides is 1. The van der Waals surface area contributed by atoms with Gasteiger partial charge in [-0.2, -0.15) is 0 Å². The van der Waals surface area contributed by atoms with Crippen LogP contribution < -0.4 is 5.32 Å². The van der Waals surface area contributed by atoms with Gasteiger partial charge in [0.05, 0.1) is 11.6 Å². The molecule has 0 atom stereocenters. The van der Waals surface area contributed by atoms with Crippen LogP contribution in [0.2, 0.25) is 5.02 Å². The third-order valence-corrected chi connectivity index (χ3v) is 4.35. The minimum Gasteiger partial charge on any atom is -0.356 e. The van der Waals surface area contributed by atoms with E-state index in [2.05, 4.69) is 20.4 Å². The van der Waals surface area contributed by atoms with Crippen molar-refractivity contribution in [1.29, 1.82) is 0 Å². The highest BCUT2D eigenvalue weighted by Crippen LogP contribution is 2.27. The van der Waals surface area contributed by atoms with E-state index in [9.17, 15) is 4.79 Å². The van der Waals surface area contributed by atoms with Gasteiger partial charge in [0.15, 0.2) is 5.76 Å². The molecule has 1 fully saturated rings. The number of carbonyl (C=O) groups is 1. The lowest BCUT2D eigenvalue weighted by atomic mass is 10.1. The Morgan fingerprint density at radius 3 is 3.08 bits per heavy atom. The molecule has 6 nitrogen and oxygen atoms in total. The number of halogens is 1. The van der Waals surface area contributed by atoms with Crippen LogP contribution in [-0.4, -0.2) is 41.6 Å². The molecule has 1 N–H and O–H groups in total. The number of rotatable bonds is 2. The van der Waals surface area contributed by atoms with Gasteiger partial charge in [-0.1, -0.05) is 35.0 Å². The van der Waals surface area contributed by atoms with Crippen LogP contribution in [0.15, 0.2) is 45.4 Å². The molecule has 1 amide bonds. The third-order valence-electron chi connectivity index (χ3n) is 4.02. The summed E-state index contributed by atoms with van der Waals surface area (Å²) in [5, 5.41) is 7.47. The molecule has 24 heavy (non-hydrogen) atoms. The first-order valence-electron chi connectivity index (χ1n) is 7.73. The van der Waals surface area contributed by atoms with Crippen LogP contribution in [0.3, 0.4) is 0 Å². The topological polar surface area (TPSA) is 70.7 Å². The number of hydrogen-bond acceptors (Lipinski definition) is 5. The number of hydrogen-bond donors (Lipinski definition) is 1. The first-order valence-corrected chi connectivity index (χ1v) is 8.11. The number of guanidine groups is 1. The zero-order chi connectivity index (χ0) is 16.5. The lowest BCUT2D eigenvalue weighted by Crippen LogP contribution is -2.53. The molecule has 0 radical (unpaired) electrons. The zero-order valence-electron chi connectivity index (χ0n) is 12.8. The normalized spacial score (nSPS) is 19.0. The minimum atomic E-state index is -0.150. The summed E-state index contributed by atoms with van der Waals surface area (Å²) in [7, 11) is 0. The van der Waals surface area contributed by atoms with Crippen LogP contribution in [0.5, 0.6) is 0 Å². The van der Waals surface area contributed by atoms with Crippen molar-refractivity contribution in [3.8, 4) is 11.3 Å². The van der Waals surface area contributed by atoms with Crippen molar-refractivity contribution in [2.24, 2.45) is 4.99 Å². The Hall–Kier alpha value is -2.60. The highest BCUT2D eigenvalue weighted by molar-refractivity contribution is 6.33. The number of fused-ring (bicyclic) bond motifs is 1. The van der Waals surface area contributed by atoms with E-state index in [4.69, 9.17) is 16.1 Å². The average molecular weight is 343 g/mol. The fourth-order valence-electron chi connectivity index (χ4n) is 2.82. The molecule has 0 aliphatic carbocycles. The van der Waals surface area contributed by atoms with Crippen molar-refractivity contribution in [2.45, 2.75) is 6.42 Å². The molecule has 0 bridgehead atoms. The molecule has 2 aliphatic heterocycles. The summed E-state index contributed by atoms with van der Waals surface area (Å²) in [5.41, 5.74) is 2.06. The molecule has 1 saturated heterocycles. The second-order valence-corrected chi connectivity index (χ2v) is 6.11. The van der Waals surface area contributed by atoms with Crippen molar-refractivity contribution >= 4 is 29.5 Å². The van der Waals surface area contributed by atoms with Crippen molar-refractivity contribution in [3.05, 3.63) is 46.7 Å². The SMILES string of the molecule is O=C1NC2=NCCCN2C/C1=C/c1cc(-c2ccccc2Cl)no1. The first-order chi connectivity index (χ1) is 11.7. The molecule has 1 aromatic heterocycles. The molecule has 2 aliphatic rings. The predicted octanol–water partition coefficient (Wildman–Crippen LogP) is 2.57. The van der Waals surface area contributed by atoms with Gasteiger partial charge in [0, 0.05) is 30.3 Å². The molecular formula is C17H15ClN4O2. The van der Waals surface area contributed by atoms with Crippen LogP contribution in [0.25, 0.3) is 17.3 Å². The van der Waals surface area contributed by atoms with Gasteiger partial charge in [-0.15, -0.1) is 0 Å². The van der Waals surface area contributed by atoms with E-state index in [0.29, 0.717) is 34.6 Å². The van der Waals surface area contributed by atoms with Crippen LogP contribution >= 0.6 is 11.6 Å². The monoisotopic (exact) mass is 342 g/mol. The first kappa shape index (κ1) is 15.0. The Morgan fingerprint density at radius 1 is 1.33 bits per heavy atom. The van der Waals surface area contributed by atoms with Crippen molar-refractivity contribution in [2.75, 3.05) is 19.6 Å². The lowest BCUT2D eigenvalue weighted by Gasteiger charge is -2.33. The van der Waals surface area contributed by atoms with Crippen LogP contribution in [-0.2, 0) is 4.79 Å². The third kappa shape index (κ3) is 2.80. The van der Waals surface area contributed by atoms with Gasteiger partial charge >= 0.3 is 0 Å². The number of nitrogens with zero attached hydrogens (tertiary/aromatic N) is 3. The van der Waals surface area contributed by atoms with Crippen molar-refractivity contribution in [3.63, 3.8) is 0 Å². The van der Waals surface area contributed by atoms with Gasteiger partial charge < -0.3 is 9.42 Å². The summed E-state index contributed by atoms with van der Waals surface area (Å²) in [6.07, 6.45) is 2.71. The maximum Gasteiger partial charge on any atom is 0.255 e. The molecule has 4 rings (SSSR count). The van der Waals surface area contributed by atoms with E-state index < -0.39 is 0 Å². The highest BCUT2D eigenvalue weighted by atomic mass is 35.5. The van der Waals surface area contributed by atoms with E-state index in [1.165, 1.54) is 0 Å². The number of nitrogens with one attached hydrogen (secondary N) is 1. The molecule has 0 unspecified atom stereocenters. The Bertz CT molecular complexity index is 856. The molecule has 7 heteroatoms. The highest BCUT2D eigenvalue weighted by Gasteiger charge is 2.27. The van der Waals surface area contributed by atoms with Crippen LogP contribution in [0.4, 0.5) is 0 Å². The standard InChI is InChI=1S/C17H15ClN4O2/c18-14-5-2-1-4-13(14)15-9-12(24-21-15)8-11-10-22-7-3-6-19-17(22)20-16(11)23/h1-2,4-5,8-9H,3,6-7,10H2,(H,19,20,23)/b11-8-. The van der Waals surface area contributed by atoms with Crippen molar-refractivity contribution < 1.29 is 9.32 Å². The maximum absolute atomic E-state index is 12.2. The summed E-state index contributed by atoms with van der Waals surface area (Å²) in [5.74, 6) is 1.03. The van der Waals surface area contributed by atoms with Gasteiger partial charge in [-0.3, -0.25) is 15.1 Å². The molecule has 0 spiro atoms. The minimum absolute atomic E-state index is 0.150. The Kier molecular flexibility index (Phi) is 3.82. The number of carbonyl (C=O) groups excluding carboxylic acids is 1. The van der Waals surface area contributed by atoms with Gasteiger partial charge in [0.25, 0.3) is 5.91 Å². The quantitative estimate of drug-likeness (QED) is 0.851. The maximum atomic E-state index is 12.2. The Balaban J connectivity index is 1.60. The van der Waals surface area contributed by atoms with E-state index in [1.807, 2.05) is 18.2 Å². The van der Waals surface area contributed by atoms with Crippen LogP contribution in [0.1, 0.15) is 12.2 Å². The fourth-order valence-corrected chi connectivity index (χ4v) is 3.05. The number of benzene rings is 1. The van der Waals surface area contributed by atoms with Gasteiger partial charge in [-0.05, 0) is 18.6 Å². The summed E-state index contributed by atoms with van der Waals surface area (Å²) in [6, 6.07) is 9.20. The number of aliphatic imine (C=N–C) groups is 1. The van der Waals surface area contributed by atoms with Gasteiger partial charge in [-0.25, -0.2) is 0 Å². The summed E-state index contributed by atoms with van der Waals surface area (Å²) >= 11 is 6.18. The molecule has 3 heterocycles. The van der Waals surface area contributed by atoms with E-state index in [-0.39, 0.29) is 5.91 Å². The van der Waals surface area contributed by atoms with Crippen LogP contribution in [0, 0.1) is 0 Å².